The van der Waals surface area contributed by atoms with Crippen LogP contribution in [0.1, 0.15) is 42.3 Å². The molecule has 25 heavy (non-hydrogen) atoms. The van der Waals surface area contributed by atoms with Crippen molar-refractivity contribution in [1.82, 2.24) is 14.9 Å². The first-order valence-corrected chi connectivity index (χ1v) is 10.8. The van der Waals surface area contributed by atoms with Gasteiger partial charge in [-0.15, -0.1) is 23.7 Å². The normalized spacial score (nSPS) is 20.8. The minimum atomic E-state index is -3.56. The van der Waals surface area contributed by atoms with Crippen molar-refractivity contribution >= 4 is 39.7 Å². The van der Waals surface area contributed by atoms with Gasteiger partial charge in [0.2, 0.25) is 10.0 Å². The molecule has 0 spiro atoms. The van der Waals surface area contributed by atoms with E-state index >= 15 is 0 Å². The lowest BCUT2D eigenvalue weighted by molar-refractivity contribution is 0.0923. The molecule has 1 aromatic heterocycles. The second-order valence-electron chi connectivity index (χ2n) is 6.97. The van der Waals surface area contributed by atoms with Crippen LogP contribution in [0.3, 0.4) is 0 Å². The molecule has 3 heterocycles. The number of amides is 1. The zero-order chi connectivity index (χ0) is 17.2. The van der Waals surface area contributed by atoms with Crippen LogP contribution in [0.4, 0.5) is 0 Å². The van der Waals surface area contributed by atoms with Gasteiger partial charge in [-0.25, -0.2) is 8.42 Å². The lowest BCUT2D eigenvalue weighted by atomic mass is 9.81. The van der Waals surface area contributed by atoms with Crippen molar-refractivity contribution in [3.63, 3.8) is 0 Å². The van der Waals surface area contributed by atoms with Crippen LogP contribution in [0.2, 0.25) is 0 Å². The Hall–Kier alpha value is -0.670. The number of rotatable bonds is 5. The zero-order valence-electron chi connectivity index (χ0n) is 14.4. The number of hydrogen-bond acceptors (Lipinski definition) is 5. The predicted octanol–water partition coefficient (Wildman–Crippen LogP) is 2.07. The Morgan fingerprint density at radius 2 is 1.96 bits per heavy atom. The molecule has 6 nitrogen and oxygen atoms in total. The summed E-state index contributed by atoms with van der Waals surface area (Å²) in [6, 6.07) is 1.56. The minimum Gasteiger partial charge on any atom is -0.351 e. The molecule has 1 aromatic rings. The predicted molar refractivity (Wildman–Crippen MR) is 102 cm³/mol. The Bertz CT molecular complexity index is 693. The van der Waals surface area contributed by atoms with E-state index < -0.39 is 10.0 Å². The first-order chi connectivity index (χ1) is 11.4. The SMILES string of the molecule is CC1(CNC(=O)c2sccc2S(=O)(=O)N2CCCC2)CCNCC1.Cl. The largest absolute Gasteiger partial charge is 0.351 e. The van der Waals surface area contributed by atoms with Gasteiger partial charge < -0.3 is 10.6 Å². The summed E-state index contributed by atoms with van der Waals surface area (Å²) >= 11 is 1.20. The summed E-state index contributed by atoms with van der Waals surface area (Å²) in [6.45, 7) is 5.76. The second-order valence-corrected chi connectivity index (χ2v) is 9.79. The van der Waals surface area contributed by atoms with Crippen molar-refractivity contribution < 1.29 is 13.2 Å². The standard InChI is InChI=1S/C16H25N3O3S2.ClH/c1-16(5-7-17-8-6-16)12-18-15(20)14-13(4-11-23-14)24(21,22)19-9-2-3-10-19;/h4,11,17H,2-3,5-10,12H2,1H3,(H,18,20);1H. The summed E-state index contributed by atoms with van der Waals surface area (Å²) in [7, 11) is -3.56. The van der Waals surface area contributed by atoms with Gasteiger partial charge in [-0.2, -0.15) is 4.31 Å². The molecule has 0 saturated carbocycles. The molecule has 142 valence electrons. The Labute approximate surface area is 159 Å². The molecule has 9 heteroatoms. The molecule has 0 bridgehead atoms. The van der Waals surface area contributed by atoms with Crippen molar-refractivity contribution in [2.75, 3.05) is 32.7 Å². The summed E-state index contributed by atoms with van der Waals surface area (Å²) in [4.78, 5) is 13.0. The number of piperidine rings is 1. The van der Waals surface area contributed by atoms with E-state index in [9.17, 15) is 13.2 Å². The van der Waals surface area contributed by atoms with E-state index in [1.165, 1.54) is 15.6 Å². The number of sulfonamides is 1. The highest BCUT2D eigenvalue weighted by molar-refractivity contribution is 7.89. The van der Waals surface area contributed by atoms with Crippen molar-refractivity contribution in [2.24, 2.45) is 5.41 Å². The maximum atomic E-state index is 12.7. The van der Waals surface area contributed by atoms with Gasteiger partial charge in [0.15, 0.2) is 0 Å². The first-order valence-electron chi connectivity index (χ1n) is 8.49. The van der Waals surface area contributed by atoms with E-state index in [-0.39, 0.29) is 28.6 Å². The number of hydrogen-bond donors (Lipinski definition) is 2. The van der Waals surface area contributed by atoms with Crippen LogP contribution in [-0.2, 0) is 10.0 Å². The van der Waals surface area contributed by atoms with Gasteiger partial charge in [-0.1, -0.05) is 6.92 Å². The summed E-state index contributed by atoms with van der Waals surface area (Å²) < 4.78 is 27.0. The molecule has 0 unspecified atom stereocenters. The Morgan fingerprint density at radius 3 is 2.60 bits per heavy atom. The maximum absolute atomic E-state index is 12.7. The Morgan fingerprint density at radius 1 is 1.32 bits per heavy atom. The van der Waals surface area contributed by atoms with Crippen molar-refractivity contribution in [1.29, 1.82) is 0 Å². The molecule has 0 radical (unpaired) electrons. The fourth-order valence-electron chi connectivity index (χ4n) is 3.31. The molecule has 2 fully saturated rings. The van der Waals surface area contributed by atoms with E-state index in [1.807, 2.05) is 0 Å². The third kappa shape index (κ3) is 4.54. The third-order valence-electron chi connectivity index (χ3n) is 5.00. The number of carbonyl (C=O) groups excluding carboxylic acids is 1. The molecule has 2 N–H and O–H groups in total. The molecular weight excluding hydrogens is 382 g/mol. The molecule has 0 aliphatic carbocycles. The van der Waals surface area contributed by atoms with E-state index in [1.54, 1.807) is 11.4 Å². The highest BCUT2D eigenvalue weighted by atomic mass is 35.5. The van der Waals surface area contributed by atoms with E-state index in [0.29, 0.717) is 24.5 Å². The van der Waals surface area contributed by atoms with Crippen LogP contribution in [0, 0.1) is 5.41 Å². The van der Waals surface area contributed by atoms with Gasteiger partial charge in [0.1, 0.15) is 9.77 Å². The Balaban J connectivity index is 0.00000225. The summed E-state index contributed by atoms with van der Waals surface area (Å²) in [5, 5.41) is 7.96. The van der Waals surface area contributed by atoms with E-state index in [4.69, 9.17) is 0 Å². The molecule has 3 rings (SSSR count). The second kappa shape index (κ2) is 8.35. The van der Waals surface area contributed by atoms with Gasteiger partial charge in [-0.05, 0) is 55.6 Å². The molecule has 0 aromatic carbocycles. The van der Waals surface area contributed by atoms with E-state index in [0.717, 1.165) is 38.8 Å². The topological polar surface area (TPSA) is 78.5 Å². The number of halogens is 1. The monoisotopic (exact) mass is 407 g/mol. The van der Waals surface area contributed by atoms with Crippen molar-refractivity contribution in [3.8, 4) is 0 Å². The molecule has 1 amide bonds. The van der Waals surface area contributed by atoms with Crippen molar-refractivity contribution in [3.05, 3.63) is 16.3 Å². The van der Waals surface area contributed by atoms with Gasteiger partial charge >= 0.3 is 0 Å². The van der Waals surface area contributed by atoms with Gasteiger partial charge in [0, 0.05) is 19.6 Å². The van der Waals surface area contributed by atoms with Gasteiger partial charge in [0.05, 0.1) is 0 Å². The molecule has 2 aliphatic rings. The van der Waals surface area contributed by atoms with Crippen molar-refractivity contribution in [2.45, 2.75) is 37.5 Å². The van der Waals surface area contributed by atoms with E-state index in [2.05, 4.69) is 17.6 Å². The average Bonchev–Trinajstić information content (AvgIpc) is 3.25. The zero-order valence-corrected chi connectivity index (χ0v) is 16.9. The van der Waals surface area contributed by atoms with Crippen LogP contribution in [0.25, 0.3) is 0 Å². The lowest BCUT2D eigenvalue weighted by Gasteiger charge is -2.34. The highest BCUT2D eigenvalue weighted by Crippen LogP contribution is 2.29. The van der Waals surface area contributed by atoms with Gasteiger partial charge in [-0.3, -0.25) is 4.79 Å². The van der Waals surface area contributed by atoms with Crippen LogP contribution in [0.15, 0.2) is 16.3 Å². The van der Waals surface area contributed by atoms with Crippen LogP contribution < -0.4 is 10.6 Å². The first kappa shape index (κ1) is 20.6. The fraction of sp³-hybridized carbons (Fsp3) is 0.688. The summed E-state index contributed by atoms with van der Waals surface area (Å²) in [5.74, 6) is -0.275. The molecular formula is C16H26ClN3O3S2. The quantitative estimate of drug-likeness (QED) is 0.783. The average molecular weight is 408 g/mol. The number of nitrogens with zero attached hydrogens (tertiary/aromatic N) is 1. The number of thiophene rings is 1. The van der Waals surface area contributed by atoms with Crippen LogP contribution in [0.5, 0.6) is 0 Å². The lowest BCUT2D eigenvalue weighted by Crippen LogP contribution is -2.43. The fourth-order valence-corrected chi connectivity index (χ4v) is 6.15. The summed E-state index contributed by atoms with van der Waals surface area (Å²) in [6.07, 6.45) is 3.79. The number of nitrogens with one attached hydrogen (secondary N) is 2. The third-order valence-corrected chi connectivity index (χ3v) is 7.99. The van der Waals surface area contributed by atoms with Crippen LogP contribution in [-0.4, -0.2) is 51.4 Å². The maximum Gasteiger partial charge on any atom is 0.262 e. The van der Waals surface area contributed by atoms with Gasteiger partial charge in [0.25, 0.3) is 5.91 Å². The minimum absolute atomic E-state index is 0. The summed E-state index contributed by atoms with van der Waals surface area (Å²) in [5.41, 5.74) is 0.0756. The highest BCUT2D eigenvalue weighted by Gasteiger charge is 2.33. The molecule has 2 aliphatic heterocycles. The molecule has 2 saturated heterocycles. The smallest absolute Gasteiger partial charge is 0.262 e. The molecule has 0 atom stereocenters. The Kier molecular flexibility index (Phi) is 6.89. The van der Waals surface area contributed by atoms with Crippen LogP contribution >= 0.6 is 23.7 Å². The number of carbonyl (C=O) groups is 1.